The van der Waals surface area contributed by atoms with Gasteiger partial charge in [-0.05, 0) is 55.8 Å². The van der Waals surface area contributed by atoms with Crippen molar-refractivity contribution in [1.82, 2.24) is 4.98 Å². The van der Waals surface area contributed by atoms with Crippen LogP contribution in [0.2, 0.25) is 0 Å². The Bertz CT molecular complexity index is 1390. The van der Waals surface area contributed by atoms with Gasteiger partial charge in [-0.15, -0.1) is 0 Å². The highest BCUT2D eigenvalue weighted by Crippen LogP contribution is 2.45. The summed E-state index contributed by atoms with van der Waals surface area (Å²) in [5.74, 6) is -1.80. The van der Waals surface area contributed by atoms with Gasteiger partial charge in [0.2, 0.25) is 0 Å². The zero-order valence-corrected chi connectivity index (χ0v) is 20.9. The summed E-state index contributed by atoms with van der Waals surface area (Å²) in [5.41, 5.74) is 0.986. The van der Waals surface area contributed by atoms with E-state index in [1.165, 1.54) is 37.1 Å². The number of aryl methyl sites for hydroxylation is 1. The molecule has 9 nitrogen and oxygen atoms in total. The van der Waals surface area contributed by atoms with Crippen LogP contribution in [0.3, 0.4) is 0 Å². The number of phenols is 1. The van der Waals surface area contributed by atoms with Crippen molar-refractivity contribution in [3.63, 3.8) is 0 Å². The number of rotatable bonds is 7. The maximum atomic E-state index is 13.3. The summed E-state index contributed by atoms with van der Waals surface area (Å²) in [6.07, 6.45) is 0. The molecule has 2 aromatic carbocycles. The van der Waals surface area contributed by atoms with Gasteiger partial charge in [-0.25, -0.2) is 4.98 Å². The van der Waals surface area contributed by atoms with Crippen LogP contribution in [-0.4, -0.2) is 46.4 Å². The van der Waals surface area contributed by atoms with Gasteiger partial charge in [-0.1, -0.05) is 17.4 Å². The summed E-state index contributed by atoms with van der Waals surface area (Å²) in [6.45, 7) is 5.07. The maximum Gasteiger partial charge on any atom is 0.301 e. The quantitative estimate of drug-likeness (QED) is 0.208. The van der Waals surface area contributed by atoms with E-state index in [0.717, 1.165) is 11.3 Å². The summed E-state index contributed by atoms with van der Waals surface area (Å²) in [6, 6.07) is 9.74. The van der Waals surface area contributed by atoms with E-state index in [-0.39, 0.29) is 40.4 Å². The SMILES string of the molecule is CCOc1cc([C@@H]2C(=C(O)c3ccc(OC)cc3)C(=O)C(=O)N2c2nc(C)c(C(C)=O)s2)ccc1O. The van der Waals surface area contributed by atoms with Gasteiger partial charge < -0.3 is 19.7 Å². The molecule has 0 aliphatic carbocycles. The molecule has 0 radical (unpaired) electrons. The van der Waals surface area contributed by atoms with Crippen LogP contribution in [-0.2, 0) is 9.59 Å². The molecule has 3 aromatic rings. The minimum Gasteiger partial charge on any atom is -0.507 e. The van der Waals surface area contributed by atoms with Gasteiger partial charge in [0.15, 0.2) is 22.4 Å². The minimum absolute atomic E-state index is 0.114. The van der Waals surface area contributed by atoms with E-state index in [1.54, 1.807) is 38.1 Å². The summed E-state index contributed by atoms with van der Waals surface area (Å²) < 4.78 is 10.7. The molecule has 0 bridgehead atoms. The summed E-state index contributed by atoms with van der Waals surface area (Å²) in [7, 11) is 1.51. The Morgan fingerprint density at radius 1 is 1.17 bits per heavy atom. The van der Waals surface area contributed by atoms with Crippen molar-refractivity contribution in [1.29, 1.82) is 0 Å². The van der Waals surface area contributed by atoms with Crippen molar-refractivity contribution in [2.75, 3.05) is 18.6 Å². The number of amides is 1. The number of nitrogens with zero attached hydrogens (tertiary/aromatic N) is 2. The fourth-order valence-corrected chi connectivity index (χ4v) is 5.02. The van der Waals surface area contributed by atoms with E-state index in [0.29, 0.717) is 27.4 Å². The molecule has 0 unspecified atom stereocenters. The van der Waals surface area contributed by atoms with Crippen molar-refractivity contribution >= 4 is 39.7 Å². The first-order valence-electron chi connectivity index (χ1n) is 11.1. The van der Waals surface area contributed by atoms with Crippen LogP contribution in [0.5, 0.6) is 17.2 Å². The molecule has 2 heterocycles. The van der Waals surface area contributed by atoms with Crippen LogP contribution < -0.4 is 14.4 Å². The molecule has 1 amide bonds. The Balaban J connectivity index is 1.95. The van der Waals surface area contributed by atoms with Crippen LogP contribution in [0.4, 0.5) is 5.13 Å². The van der Waals surface area contributed by atoms with Gasteiger partial charge in [0, 0.05) is 12.5 Å². The van der Waals surface area contributed by atoms with E-state index in [9.17, 15) is 24.6 Å². The molecule has 2 N–H and O–H groups in total. The van der Waals surface area contributed by atoms with E-state index in [1.807, 2.05) is 0 Å². The number of Topliss-reactive ketones (excluding diaryl/α,β-unsaturated/α-hetero) is 2. The standard InChI is InChI=1S/C26H24N2O7S/c1-5-35-19-12-16(8-11-18(19)30)21-20(22(31)15-6-9-17(34-4)10-7-15)23(32)25(33)28(21)26-27-13(2)24(36-26)14(3)29/h6-12,21,30-31H,5H2,1-4H3/t21-/m1/s1. The number of aliphatic hydroxyl groups is 1. The number of carbonyl (C=O) groups is 3. The van der Waals surface area contributed by atoms with Crippen molar-refractivity contribution in [3.8, 4) is 17.2 Å². The zero-order chi connectivity index (χ0) is 26.1. The number of ether oxygens (including phenoxy) is 2. The van der Waals surface area contributed by atoms with Crippen LogP contribution in [0, 0.1) is 6.92 Å². The number of anilines is 1. The predicted molar refractivity (Wildman–Crippen MR) is 134 cm³/mol. The van der Waals surface area contributed by atoms with E-state index in [4.69, 9.17) is 9.47 Å². The lowest BCUT2D eigenvalue weighted by molar-refractivity contribution is -0.132. The minimum atomic E-state index is -1.09. The second-order valence-corrected chi connectivity index (χ2v) is 9.00. The topological polar surface area (TPSA) is 126 Å². The number of methoxy groups -OCH3 is 1. The smallest absolute Gasteiger partial charge is 0.301 e. The Morgan fingerprint density at radius 2 is 1.86 bits per heavy atom. The molecule has 0 saturated carbocycles. The van der Waals surface area contributed by atoms with Crippen LogP contribution in [0.1, 0.15) is 46.4 Å². The lowest BCUT2D eigenvalue weighted by Gasteiger charge is -2.23. The molecule has 186 valence electrons. The van der Waals surface area contributed by atoms with Gasteiger partial charge in [-0.2, -0.15) is 0 Å². The molecule has 0 spiro atoms. The highest BCUT2D eigenvalue weighted by Gasteiger charge is 2.48. The van der Waals surface area contributed by atoms with E-state index >= 15 is 0 Å². The average molecular weight is 509 g/mol. The monoisotopic (exact) mass is 508 g/mol. The number of aliphatic hydroxyl groups excluding tert-OH is 1. The molecular formula is C26H24N2O7S. The molecule has 10 heteroatoms. The first-order valence-corrected chi connectivity index (χ1v) is 11.9. The van der Waals surface area contributed by atoms with E-state index < -0.39 is 17.7 Å². The highest BCUT2D eigenvalue weighted by molar-refractivity contribution is 7.18. The van der Waals surface area contributed by atoms with Crippen molar-refractivity contribution in [2.45, 2.75) is 26.8 Å². The van der Waals surface area contributed by atoms with Crippen LogP contribution in [0.15, 0.2) is 48.0 Å². The number of aromatic nitrogens is 1. The lowest BCUT2D eigenvalue weighted by Crippen LogP contribution is -2.29. The van der Waals surface area contributed by atoms with Crippen LogP contribution >= 0.6 is 11.3 Å². The number of aromatic hydroxyl groups is 1. The maximum absolute atomic E-state index is 13.3. The Kier molecular flexibility index (Phi) is 6.80. The van der Waals surface area contributed by atoms with Gasteiger partial charge >= 0.3 is 5.91 Å². The fourth-order valence-electron chi connectivity index (χ4n) is 4.03. The number of ketones is 2. The third-order valence-electron chi connectivity index (χ3n) is 5.72. The van der Waals surface area contributed by atoms with Gasteiger partial charge in [0.1, 0.15) is 11.5 Å². The molecule has 1 aromatic heterocycles. The predicted octanol–water partition coefficient (Wildman–Crippen LogP) is 4.39. The Hall–Kier alpha value is -4.18. The third kappa shape index (κ3) is 4.31. The summed E-state index contributed by atoms with van der Waals surface area (Å²) >= 11 is 0.992. The number of phenolic OH excluding ortho intramolecular Hbond substituents is 1. The van der Waals surface area contributed by atoms with Crippen molar-refractivity contribution in [2.24, 2.45) is 0 Å². The van der Waals surface area contributed by atoms with Crippen molar-refractivity contribution < 1.29 is 34.1 Å². The zero-order valence-electron chi connectivity index (χ0n) is 20.1. The molecular weight excluding hydrogens is 484 g/mol. The van der Waals surface area contributed by atoms with Crippen molar-refractivity contribution in [3.05, 3.63) is 69.7 Å². The number of thiazole rings is 1. The molecule has 1 atom stereocenters. The molecule has 1 saturated heterocycles. The second-order valence-electron chi connectivity index (χ2n) is 8.02. The highest BCUT2D eigenvalue weighted by atomic mass is 32.1. The molecule has 36 heavy (non-hydrogen) atoms. The number of benzene rings is 2. The van der Waals surface area contributed by atoms with E-state index in [2.05, 4.69) is 4.98 Å². The largest absolute Gasteiger partial charge is 0.507 e. The molecule has 1 aliphatic heterocycles. The number of hydrogen-bond acceptors (Lipinski definition) is 9. The van der Waals surface area contributed by atoms with Gasteiger partial charge in [-0.3, -0.25) is 19.3 Å². The fraction of sp³-hybridized carbons (Fsp3) is 0.231. The lowest BCUT2D eigenvalue weighted by atomic mass is 9.95. The third-order valence-corrected chi connectivity index (χ3v) is 6.98. The molecule has 4 rings (SSSR count). The summed E-state index contributed by atoms with van der Waals surface area (Å²) in [5, 5.41) is 21.6. The first kappa shape index (κ1) is 24.9. The Morgan fingerprint density at radius 3 is 2.44 bits per heavy atom. The normalized spacial score (nSPS) is 16.9. The van der Waals surface area contributed by atoms with Gasteiger partial charge in [0.05, 0.1) is 35.9 Å². The average Bonchev–Trinajstić information content (AvgIpc) is 3.37. The number of hydrogen-bond donors (Lipinski definition) is 2. The molecule has 1 aliphatic rings. The second kappa shape index (κ2) is 9.82. The first-order chi connectivity index (χ1) is 17.2. The van der Waals surface area contributed by atoms with Gasteiger partial charge in [0.25, 0.3) is 5.78 Å². The Labute approximate surface area is 211 Å². The van der Waals surface area contributed by atoms with Crippen LogP contribution in [0.25, 0.3) is 5.76 Å². The summed E-state index contributed by atoms with van der Waals surface area (Å²) in [4.78, 5) is 44.6. The molecule has 1 fully saturated rings. The number of carbonyl (C=O) groups excluding carboxylic acids is 3.